The molecule has 0 aromatic heterocycles. The molecular formula is C7H9F3N2O4S. The standard InChI is InChI=1S/C7H7F3N2.H2O4S/c8-7(9,10)5-2-1-3-6(4-5)12-11;1-5(2,3)4/h1-4,12H,11H2;(H2,1,2,3,4). The van der Waals surface area contributed by atoms with Gasteiger partial charge in [-0.15, -0.1) is 0 Å². The van der Waals surface area contributed by atoms with Gasteiger partial charge < -0.3 is 5.43 Å². The van der Waals surface area contributed by atoms with Gasteiger partial charge in [0.2, 0.25) is 0 Å². The topological polar surface area (TPSA) is 113 Å². The van der Waals surface area contributed by atoms with Crippen molar-refractivity contribution < 1.29 is 30.7 Å². The molecule has 10 heteroatoms. The van der Waals surface area contributed by atoms with Gasteiger partial charge in [0, 0.05) is 5.69 Å². The number of alkyl halides is 3. The van der Waals surface area contributed by atoms with Crippen LogP contribution in [-0.2, 0) is 16.6 Å². The molecule has 0 saturated carbocycles. The summed E-state index contributed by atoms with van der Waals surface area (Å²) < 4.78 is 67.7. The second-order valence-electron chi connectivity index (χ2n) is 2.67. The monoisotopic (exact) mass is 274 g/mol. The summed E-state index contributed by atoms with van der Waals surface area (Å²) in [5, 5.41) is 0. The average molecular weight is 274 g/mol. The lowest BCUT2D eigenvalue weighted by atomic mass is 10.2. The van der Waals surface area contributed by atoms with Crippen molar-refractivity contribution in [3.8, 4) is 0 Å². The van der Waals surface area contributed by atoms with E-state index in [1.807, 2.05) is 0 Å². The minimum absolute atomic E-state index is 0.241. The molecule has 0 aliphatic rings. The highest BCUT2D eigenvalue weighted by Gasteiger charge is 2.30. The molecule has 0 bridgehead atoms. The van der Waals surface area contributed by atoms with E-state index in [4.69, 9.17) is 23.4 Å². The largest absolute Gasteiger partial charge is 0.416 e. The van der Waals surface area contributed by atoms with Crippen LogP contribution in [0.2, 0.25) is 0 Å². The molecule has 0 aliphatic carbocycles. The van der Waals surface area contributed by atoms with Gasteiger partial charge >= 0.3 is 16.6 Å². The Hall–Kier alpha value is -1.36. The van der Waals surface area contributed by atoms with Crippen molar-refractivity contribution in [1.82, 2.24) is 0 Å². The summed E-state index contributed by atoms with van der Waals surface area (Å²) in [4.78, 5) is 0. The van der Waals surface area contributed by atoms with Crippen LogP contribution in [0.15, 0.2) is 24.3 Å². The van der Waals surface area contributed by atoms with Crippen LogP contribution in [0.4, 0.5) is 18.9 Å². The van der Waals surface area contributed by atoms with Gasteiger partial charge in [0.05, 0.1) is 5.56 Å². The van der Waals surface area contributed by atoms with Crippen molar-refractivity contribution in [1.29, 1.82) is 0 Å². The maximum absolute atomic E-state index is 12.0. The third-order valence-corrected chi connectivity index (χ3v) is 1.36. The third-order valence-electron chi connectivity index (χ3n) is 1.36. The Morgan fingerprint density at radius 3 is 2.06 bits per heavy atom. The van der Waals surface area contributed by atoms with Crippen LogP contribution in [0.25, 0.3) is 0 Å². The molecule has 1 rings (SSSR count). The number of hydrogen-bond donors (Lipinski definition) is 4. The van der Waals surface area contributed by atoms with Crippen LogP contribution in [0.3, 0.4) is 0 Å². The highest BCUT2D eigenvalue weighted by atomic mass is 32.3. The minimum Gasteiger partial charge on any atom is -0.324 e. The summed E-state index contributed by atoms with van der Waals surface area (Å²) in [6.45, 7) is 0. The summed E-state index contributed by atoms with van der Waals surface area (Å²) in [7, 11) is -4.67. The fourth-order valence-electron chi connectivity index (χ4n) is 0.785. The zero-order valence-electron chi connectivity index (χ0n) is 8.14. The molecule has 0 heterocycles. The van der Waals surface area contributed by atoms with E-state index in [-0.39, 0.29) is 5.69 Å². The number of hydrogen-bond acceptors (Lipinski definition) is 4. The molecule has 1 aromatic carbocycles. The fraction of sp³-hybridized carbons (Fsp3) is 0.143. The number of nitrogens with two attached hydrogens (primary N) is 1. The first kappa shape index (κ1) is 15.6. The van der Waals surface area contributed by atoms with Crippen LogP contribution in [0.1, 0.15) is 5.56 Å². The van der Waals surface area contributed by atoms with Crippen molar-refractivity contribution in [3.05, 3.63) is 29.8 Å². The maximum Gasteiger partial charge on any atom is 0.416 e. The molecule has 0 radical (unpaired) electrons. The number of nitrogen functional groups attached to an aromatic ring is 1. The lowest BCUT2D eigenvalue weighted by molar-refractivity contribution is -0.137. The Morgan fingerprint density at radius 1 is 1.24 bits per heavy atom. The normalized spacial score (nSPS) is 11.4. The zero-order valence-corrected chi connectivity index (χ0v) is 8.96. The van der Waals surface area contributed by atoms with Crippen molar-refractivity contribution in [2.45, 2.75) is 6.18 Å². The molecule has 17 heavy (non-hydrogen) atoms. The average Bonchev–Trinajstić information content (AvgIpc) is 2.14. The highest BCUT2D eigenvalue weighted by Crippen LogP contribution is 2.30. The first-order chi connectivity index (χ1) is 7.54. The molecular weight excluding hydrogens is 265 g/mol. The second-order valence-corrected chi connectivity index (χ2v) is 3.57. The molecule has 5 N–H and O–H groups in total. The van der Waals surface area contributed by atoms with Crippen LogP contribution < -0.4 is 11.3 Å². The van der Waals surface area contributed by atoms with Gasteiger partial charge in [-0.25, -0.2) is 0 Å². The number of hydrazine groups is 1. The molecule has 0 amide bonds. The van der Waals surface area contributed by atoms with Gasteiger partial charge in [-0.1, -0.05) is 6.07 Å². The highest BCUT2D eigenvalue weighted by molar-refractivity contribution is 7.79. The quantitative estimate of drug-likeness (QED) is 0.349. The summed E-state index contributed by atoms with van der Waals surface area (Å²) in [6.07, 6.45) is -4.31. The zero-order chi connectivity index (χ0) is 13.7. The minimum atomic E-state index is -4.67. The fourth-order valence-corrected chi connectivity index (χ4v) is 0.785. The lowest BCUT2D eigenvalue weighted by Crippen LogP contribution is -2.09. The molecule has 0 fully saturated rings. The van der Waals surface area contributed by atoms with Crippen molar-refractivity contribution >= 4 is 16.1 Å². The molecule has 0 atom stereocenters. The Balaban J connectivity index is 0.000000437. The first-order valence-corrected chi connectivity index (χ1v) is 5.27. The van der Waals surface area contributed by atoms with Gasteiger partial charge in [-0.3, -0.25) is 14.9 Å². The lowest BCUT2D eigenvalue weighted by Gasteiger charge is -2.07. The third kappa shape index (κ3) is 8.45. The molecule has 6 nitrogen and oxygen atoms in total. The van der Waals surface area contributed by atoms with E-state index in [9.17, 15) is 13.2 Å². The van der Waals surface area contributed by atoms with Crippen molar-refractivity contribution in [2.24, 2.45) is 5.84 Å². The maximum atomic E-state index is 12.0. The predicted octanol–water partition coefficient (Wildman–Crippen LogP) is 1.34. The number of nitrogens with one attached hydrogen (secondary N) is 1. The molecule has 1 aromatic rings. The summed E-state index contributed by atoms with van der Waals surface area (Å²) in [5.74, 6) is 4.94. The molecule has 0 aliphatic heterocycles. The Morgan fingerprint density at radius 2 is 1.71 bits per heavy atom. The smallest absolute Gasteiger partial charge is 0.324 e. The first-order valence-electron chi connectivity index (χ1n) is 3.88. The van der Waals surface area contributed by atoms with Crippen molar-refractivity contribution in [3.63, 3.8) is 0 Å². The summed E-state index contributed by atoms with van der Waals surface area (Å²) in [6, 6.07) is 4.67. The van der Waals surface area contributed by atoms with E-state index in [0.717, 1.165) is 12.1 Å². The van der Waals surface area contributed by atoms with Gasteiger partial charge in [-0.2, -0.15) is 21.6 Å². The van der Waals surface area contributed by atoms with E-state index in [2.05, 4.69) is 5.43 Å². The molecule has 0 saturated heterocycles. The molecule has 0 spiro atoms. The number of anilines is 1. The van der Waals surface area contributed by atoms with Crippen LogP contribution in [0.5, 0.6) is 0 Å². The number of benzene rings is 1. The predicted molar refractivity (Wildman–Crippen MR) is 53.4 cm³/mol. The summed E-state index contributed by atoms with van der Waals surface area (Å²) >= 11 is 0. The van der Waals surface area contributed by atoms with Gasteiger partial charge in [0.1, 0.15) is 0 Å². The van der Waals surface area contributed by atoms with E-state index < -0.39 is 22.1 Å². The Kier molecular flexibility index (Phi) is 5.35. The van der Waals surface area contributed by atoms with Crippen LogP contribution in [-0.4, -0.2) is 17.5 Å². The number of halogens is 3. The van der Waals surface area contributed by atoms with Gasteiger partial charge in [-0.05, 0) is 18.2 Å². The van der Waals surface area contributed by atoms with Crippen molar-refractivity contribution in [2.75, 3.05) is 5.43 Å². The van der Waals surface area contributed by atoms with E-state index in [1.54, 1.807) is 0 Å². The molecule has 0 unspecified atom stereocenters. The van der Waals surface area contributed by atoms with E-state index >= 15 is 0 Å². The van der Waals surface area contributed by atoms with Gasteiger partial charge in [0.25, 0.3) is 0 Å². The Labute approximate surface area is 94.8 Å². The van der Waals surface area contributed by atoms with E-state index in [0.29, 0.717) is 0 Å². The number of rotatable bonds is 1. The summed E-state index contributed by atoms with van der Waals surface area (Å²) in [5.41, 5.74) is 1.67. The van der Waals surface area contributed by atoms with E-state index in [1.165, 1.54) is 12.1 Å². The molecule has 98 valence electrons. The van der Waals surface area contributed by atoms with Gasteiger partial charge in [0.15, 0.2) is 0 Å². The van der Waals surface area contributed by atoms with Crippen LogP contribution in [0, 0.1) is 0 Å². The Bertz CT molecular complexity index is 452. The van der Waals surface area contributed by atoms with Crippen LogP contribution >= 0.6 is 0 Å². The SMILES string of the molecule is NNc1cccc(C(F)(F)F)c1.O=S(=O)(O)O. The second kappa shape index (κ2) is 5.82.